The van der Waals surface area contributed by atoms with Gasteiger partial charge in [0.15, 0.2) is 0 Å². The van der Waals surface area contributed by atoms with E-state index >= 15 is 0 Å². The van der Waals surface area contributed by atoms with E-state index in [-0.39, 0.29) is 0 Å². The third-order valence-corrected chi connectivity index (χ3v) is 5.50. The van der Waals surface area contributed by atoms with Gasteiger partial charge in [-0.15, -0.1) is 0 Å². The standard InChI is InChI=1S/C16H25N5/c1-20-7-2-3-12-10-21(8-5-15(12)20)16-13-9-17-6-4-14(13)18-11-19-16/h11-12,15,17H,2-10H2,1H3. The van der Waals surface area contributed by atoms with Crippen molar-refractivity contribution in [3.8, 4) is 0 Å². The fraction of sp³-hybridized carbons (Fsp3) is 0.750. The molecule has 0 aromatic carbocycles. The number of likely N-dealkylation sites (tertiary alicyclic amines) is 1. The molecule has 2 saturated heterocycles. The number of aromatic nitrogens is 2. The Morgan fingerprint density at radius 2 is 2.19 bits per heavy atom. The molecule has 0 saturated carbocycles. The van der Waals surface area contributed by atoms with Gasteiger partial charge in [-0.2, -0.15) is 0 Å². The molecule has 2 atom stereocenters. The summed E-state index contributed by atoms with van der Waals surface area (Å²) in [4.78, 5) is 14.2. The van der Waals surface area contributed by atoms with Gasteiger partial charge >= 0.3 is 0 Å². The van der Waals surface area contributed by atoms with Crippen molar-refractivity contribution in [1.29, 1.82) is 0 Å². The number of hydrogen-bond acceptors (Lipinski definition) is 5. The van der Waals surface area contributed by atoms with E-state index in [1.807, 2.05) is 0 Å². The molecule has 0 spiro atoms. The van der Waals surface area contributed by atoms with Crippen molar-refractivity contribution >= 4 is 5.82 Å². The molecule has 1 N–H and O–H groups in total. The number of rotatable bonds is 1. The maximum atomic E-state index is 4.63. The molecule has 3 aliphatic rings. The highest BCUT2D eigenvalue weighted by Crippen LogP contribution is 2.33. The zero-order valence-corrected chi connectivity index (χ0v) is 12.9. The summed E-state index contributed by atoms with van der Waals surface area (Å²) in [5.74, 6) is 2.00. The van der Waals surface area contributed by atoms with E-state index in [9.17, 15) is 0 Å². The summed E-state index contributed by atoms with van der Waals surface area (Å²) < 4.78 is 0. The Labute approximate surface area is 126 Å². The first-order chi connectivity index (χ1) is 10.3. The molecule has 0 radical (unpaired) electrons. The van der Waals surface area contributed by atoms with Crippen molar-refractivity contribution in [3.63, 3.8) is 0 Å². The Morgan fingerprint density at radius 3 is 3.14 bits per heavy atom. The van der Waals surface area contributed by atoms with Crippen LogP contribution in [-0.2, 0) is 13.0 Å². The molecule has 5 heteroatoms. The highest BCUT2D eigenvalue weighted by atomic mass is 15.2. The first-order valence-corrected chi connectivity index (χ1v) is 8.31. The van der Waals surface area contributed by atoms with Crippen molar-refractivity contribution in [3.05, 3.63) is 17.6 Å². The van der Waals surface area contributed by atoms with Crippen molar-refractivity contribution < 1.29 is 0 Å². The maximum Gasteiger partial charge on any atom is 0.136 e. The third kappa shape index (κ3) is 2.42. The van der Waals surface area contributed by atoms with Gasteiger partial charge < -0.3 is 15.1 Å². The quantitative estimate of drug-likeness (QED) is 0.836. The lowest BCUT2D eigenvalue weighted by molar-refractivity contribution is 0.102. The molecule has 0 bridgehead atoms. The molecular formula is C16H25N5. The number of hydrogen-bond donors (Lipinski definition) is 1. The molecule has 3 aliphatic heterocycles. The smallest absolute Gasteiger partial charge is 0.136 e. The van der Waals surface area contributed by atoms with E-state index < -0.39 is 0 Å². The largest absolute Gasteiger partial charge is 0.356 e. The minimum atomic E-state index is 0.783. The van der Waals surface area contributed by atoms with Crippen LogP contribution in [0.4, 0.5) is 5.82 Å². The van der Waals surface area contributed by atoms with Crippen molar-refractivity contribution in [2.75, 3.05) is 38.1 Å². The monoisotopic (exact) mass is 287 g/mol. The first kappa shape index (κ1) is 13.5. The zero-order valence-electron chi connectivity index (χ0n) is 12.9. The van der Waals surface area contributed by atoms with Gasteiger partial charge in [-0.1, -0.05) is 0 Å². The van der Waals surface area contributed by atoms with Crippen LogP contribution in [0, 0.1) is 5.92 Å². The average molecular weight is 287 g/mol. The summed E-state index contributed by atoms with van der Waals surface area (Å²) in [5, 5.41) is 3.47. The summed E-state index contributed by atoms with van der Waals surface area (Å²) in [6.07, 6.45) is 6.78. The number of anilines is 1. The van der Waals surface area contributed by atoms with Crippen LogP contribution in [0.3, 0.4) is 0 Å². The molecule has 4 heterocycles. The van der Waals surface area contributed by atoms with Crippen LogP contribution in [0.1, 0.15) is 30.5 Å². The normalized spacial score (nSPS) is 29.9. The molecule has 1 aromatic rings. The SMILES string of the molecule is CN1CCCC2CN(c3ncnc4c3CNCC4)CCC21. The van der Waals surface area contributed by atoms with Gasteiger partial charge in [-0.25, -0.2) is 9.97 Å². The summed E-state index contributed by atoms with van der Waals surface area (Å²) in [5.41, 5.74) is 2.59. The number of nitrogens with one attached hydrogen (secondary N) is 1. The Morgan fingerprint density at radius 1 is 1.24 bits per heavy atom. The van der Waals surface area contributed by atoms with Crippen LogP contribution < -0.4 is 10.2 Å². The van der Waals surface area contributed by atoms with E-state index in [1.54, 1.807) is 6.33 Å². The van der Waals surface area contributed by atoms with Gasteiger partial charge in [-0.3, -0.25) is 0 Å². The summed E-state index contributed by atoms with van der Waals surface area (Å²) >= 11 is 0. The summed E-state index contributed by atoms with van der Waals surface area (Å²) in [7, 11) is 2.29. The minimum Gasteiger partial charge on any atom is -0.356 e. The van der Waals surface area contributed by atoms with Crippen LogP contribution >= 0.6 is 0 Å². The lowest BCUT2D eigenvalue weighted by Crippen LogP contribution is -2.53. The number of fused-ring (bicyclic) bond motifs is 2. The molecule has 0 amide bonds. The van der Waals surface area contributed by atoms with E-state index in [4.69, 9.17) is 0 Å². The van der Waals surface area contributed by atoms with Crippen LogP contribution in [-0.4, -0.2) is 54.1 Å². The van der Waals surface area contributed by atoms with Crippen molar-refractivity contribution in [2.45, 2.75) is 38.3 Å². The molecule has 1 aromatic heterocycles. The molecule has 5 nitrogen and oxygen atoms in total. The molecule has 0 aliphatic carbocycles. The molecule has 21 heavy (non-hydrogen) atoms. The van der Waals surface area contributed by atoms with Crippen LogP contribution in [0.25, 0.3) is 0 Å². The molecule has 2 unspecified atom stereocenters. The fourth-order valence-corrected chi connectivity index (χ4v) is 4.37. The predicted octanol–water partition coefficient (Wildman–Crippen LogP) is 1.04. The lowest BCUT2D eigenvalue weighted by Gasteiger charge is -2.46. The fourth-order valence-electron chi connectivity index (χ4n) is 4.37. The van der Waals surface area contributed by atoms with E-state index in [0.717, 1.165) is 38.0 Å². The molecule has 4 rings (SSSR count). The highest BCUT2D eigenvalue weighted by molar-refractivity contribution is 5.50. The summed E-state index contributed by atoms with van der Waals surface area (Å²) in [6.45, 7) is 5.54. The van der Waals surface area contributed by atoms with Crippen molar-refractivity contribution in [1.82, 2.24) is 20.2 Å². The predicted molar refractivity (Wildman–Crippen MR) is 83.4 cm³/mol. The Hall–Kier alpha value is -1.20. The van der Waals surface area contributed by atoms with Gasteiger partial charge in [0.25, 0.3) is 0 Å². The number of piperidine rings is 2. The second kappa shape index (κ2) is 5.54. The topological polar surface area (TPSA) is 44.3 Å². The van der Waals surface area contributed by atoms with E-state index in [2.05, 4.69) is 32.1 Å². The van der Waals surface area contributed by atoms with Gasteiger partial charge in [0, 0.05) is 44.2 Å². The second-order valence-corrected chi connectivity index (χ2v) is 6.73. The zero-order chi connectivity index (χ0) is 14.2. The van der Waals surface area contributed by atoms with Crippen LogP contribution in [0.15, 0.2) is 6.33 Å². The lowest BCUT2D eigenvalue weighted by atomic mass is 9.84. The molecule has 2 fully saturated rings. The van der Waals surface area contributed by atoms with Crippen LogP contribution in [0.5, 0.6) is 0 Å². The van der Waals surface area contributed by atoms with Gasteiger partial charge in [-0.05, 0) is 38.8 Å². The van der Waals surface area contributed by atoms with Crippen LogP contribution in [0.2, 0.25) is 0 Å². The van der Waals surface area contributed by atoms with Gasteiger partial charge in [0.05, 0.1) is 5.69 Å². The highest BCUT2D eigenvalue weighted by Gasteiger charge is 2.35. The molecular weight excluding hydrogens is 262 g/mol. The van der Waals surface area contributed by atoms with Crippen molar-refractivity contribution in [2.24, 2.45) is 5.92 Å². The second-order valence-electron chi connectivity index (χ2n) is 6.73. The minimum absolute atomic E-state index is 0.783. The van der Waals surface area contributed by atoms with Gasteiger partial charge in [0.2, 0.25) is 0 Å². The van der Waals surface area contributed by atoms with Gasteiger partial charge in [0.1, 0.15) is 12.1 Å². The number of nitrogens with zero attached hydrogens (tertiary/aromatic N) is 4. The Bertz CT molecular complexity index is 517. The first-order valence-electron chi connectivity index (χ1n) is 8.31. The average Bonchev–Trinajstić information content (AvgIpc) is 2.54. The summed E-state index contributed by atoms with van der Waals surface area (Å²) in [6, 6.07) is 0.783. The Kier molecular flexibility index (Phi) is 3.55. The van der Waals surface area contributed by atoms with E-state index in [1.165, 1.54) is 49.4 Å². The van der Waals surface area contributed by atoms with E-state index in [0.29, 0.717) is 0 Å². The maximum absolute atomic E-state index is 4.63. The third-order valence-electron chi connectivity index (χ3n) is 5.50. The molecule has 114 valence electrons. The Balaban J connectivity index is 1.58.